The summed E-state index contributed by atoms with van der Waals surface area (Å²) in [6.07, 6.45) is 2.90. The summed E-state index contributed by atoms with van der Waals surface area (Å²) in [6.45, 7) is 3.77. The van der Waals surface area contributed by atoms with E-state index in [1.165, 1.54) is 18.3 Å². The number of amides is 1. The van der Waals surface area contributed by atoms with E-state index in [1.54, 1.807) is 12.1 Å². The molecule has 98 valence electrons. The lowest BCUT2D eigenvalue weighted by molar-refractivity contribution is -0.384. The van der Waals surface area contributed by atoms with Crippen molar-refractivity contribution in [2.45, 2.75) is 12.8 Å². The fourth-order valence-electron chi connectivity index (χ4n) is 1.77. The molecule has 0 radical (unpaired) electrons. The third-order valence-electron chi connectivity index (χ3n) is 2.93. The molecule has 0 bridgehead atoms. The summed E-state index contributed by atoms with van der Waals surface area (Å²) in [4.78, 5) is 21.5. The number of allylic oxidation sites excluding steroid dienone is 1. The van der Waals surface area contributed by atoms with Gasteiger partial charge in [-0.05, 0) is 30.5 Å². The Hall–Kier alpha value is -2.50. The number of benzene rings is 1. The first kappa shape index (κ1) is 12.9. The Kier molecular flexibility index (Phi) is 3.70. The quantitative estimate of drug-likeness (QED) is 0.388. The van der Waals surface area contributed by atoms with Crippen LogP contribution in [0.25, 0.3) is 0 Å². The maximum atomic E-state index is 11.5. The Morgan fingerprint density at radius 1 is 1.42 bits per heavy atom. The number of carbonyl (C=O) groups excluding carboxylic acids is 1. The van der Waals surface area contributed by atoms with Crippen molar-refractivity contribution in [3.05, 3.63) is 52.1 Å². The van der Waals surface area contributed by atoms with Crippen molar-refractivity contribution >= 4 is 17.8 Å². The normalized spacial score (nSPS) is 15.3. The number of hydrogen-bond donors (Lipinski definition) is 1. The number of rotatable bonds is 4. The van der Waals surface area contributed by atoms with Crippen molar-refractivity contribution < 1.29 is 9.72 Å². The van der Waals surface area contributed by atoms with Crippen molar-refractivity contribution in [3.8, 4) is 0 Å². The molecule has 1 saturated carbocycles. The van der Waals surface area contributed by atoms with Gasteiger partial charge in [-0.2, -0.15) is 5.10 Å². The van der Waals surface area contributed by atoms with Gasteiger partial charge in [0.25, 0.3) is 5.69 Å². The van der Waals surface area contributed by atoms with Crippen LogP contribution < -0.4 is 5.43 Å². The largest absolute Gasteiger partial charge is 0.273 e. The maximum absolute atomic E-state index is 11.5. The molecule has 1 aliphatic rings. The van der Waals surface area contributed by atoms with E-state index in [-0.39, 0.29) is 17.5 Å². The molecule has 6 nitrogen and oxygen atoms in total. The molecular weight excluding hydrogens is 246 g/mol. The summed E-state index contributed by atoms with van der Waals surface area (Å²) in [5.41, 5.74) is 4.24. The lowest BCUT2D eigenvalue weighted by atomic mass is 9.81. The molecule has 1 aromatic rings. The van der Waals surface area contributed by atoms with Crippen LogP contribution in [0, 0.1) is 16.0 Å². The highest BCUT2D eigenvalue weighted by atomic mass is 16.6. The van der Waals surface area contributed by atoms with Crippen molar-refractivity contribution in [1.29, 1.82) is 0 Å². The van der Waals surface area contributed by atoms with Gasteiger partial charge in [0, 0.05) is 18.1 Å². The number of nitro groups is 1. The first-order valence-corrected chi connectivity index (χ1v) is 5.80. The number of nitrogens with one attached hydrogen (secondary N) is 1. The third-order valence-corrected chi connectivity index (χ3v) is 2.93. The summed E-state index contributed by atoms with van der Waals surface area (Å²) in [5, 5.41) is 14.3. The monoisotopic (exact) mass is 259 g/mol. The first-order chi connectivity index (χ1) is 9.06. The van der Waals surface area contributed by atoms with Gasteiger partial charge in [0.2, 0.25) is 5.91 Å². The number of nitro benzene ring substituents is 1. The topological polar surface area (TPSA) is 84.6 Å². The van der Waals surface area contributed by atoms with Crippen molar-refractivity contribution in [2.24, 2.45) is 11.0 Å². The number of nitrogens with zero attached hydrogens (tertiary/aromatic N) is 2. The van der Waals surface area contributed by atoms with E-state index in [1.807, 2.05) is 0 Å². The summed E-state index contributed by atoms with van der Waals surface area (Å²) >= 11 is 0. The molecule has 2 rings (SSSR count). The molecule has 1 N–H and O–H groups in total. The van der Waals surface area contributed by atoms with Crippen LogP contribution in [0.5, 0.6) is 0 Å². The second kappa shape index (κ2) is 5.43. The fraction of sp³-hybridized carbons (Fsp3) is 0.231. The SMILES string of the molecule is C=C1CC(C(=O)N/N=C/c2ccc([N+](=O)[O-])cc2)C1. The minimum absolute atomic E-state index is 0.0224. The molecule has 0 atom stereocenters. The van der Waals surface area contributed by atoms with Gasteiger partial charge in [0.1, 0.15) is 0 Å². The standard InChI is InChI=1S/C13H13N3O3/c1-9-6-11(7-9)13(17)15-14-8-10-2-4-12(5-3-10)16(18)19/h2-5,8,11H,1,6-7H2,(H,15,17)/b14-8+. The Bertz CT molecular complexity index is 541. The van der Waals surface area contributed by atoms with Crippen LogP contribution in [0.3, 0.4) is 0 Å². The maximum Gasteiger partial charge on any atom is 0.269 e. The van der Waals surface area contributed by atoms with Gasteiger partial charge in [-0.1, -0.05) is 12.2 Å². The molecule has 1 fully saturated rings. The van der Waals surface area contributed by atoms with E-state index in [4.69, 9.17) is 0 Å². The van der Waals surface area contributed by atoms with Crippen LogP contribution in [-0.2, 0) is 4.79 Å². The smallest absolute Gasteiger partial charge is 0.269 e. The average molecular weight is 259 g/mol. The molecule has 0 aliphatic heterocycles. The second-order valence-corrected chi connectivity index (χ2v) is 4.44. The first-order valence-electron chi connectivity index (χ1n) is 5.80. The van der Waals surface area contributed by atoms with Crippen LogP contribution >= 0.6 is 0 Å². The fourth-order valence-corrected chi connectivity index (χ4v) is 1.77. The Morgan fingerprint density at radius 2 is 2.05 bits per heavy atom. The molecule has 1 amide bonds. The van der Waals surface area contributed by atoms with Crippen LogP contribution in [0.1, 0.15) is 18.4 Å². The van der Waals surface area contributed by atoms with E-state index in [0.717, 1.165) is 18.4 Å². The van der Waals surface area contributed by atoms with E-state index in [0.29, 0.717) is 5.56 Å². The molecule has 0 unspecified atom stereocenters. The Balaban J connectivity index is 1.86. The molecule has 6 heteroatoms. The van der Waals surface area contributed by atoms with Crippen LogP contribution in [0.4, 0.5) is 5.69 Å². The zero-order valence-electron chi connectivity index (χ0n) is 10.2. The summed E-state index contributed by atoms with van der Waals surface area (Å²) in [5.74, 6) is -0.146. The molecule has 0 spiro atoms. The van der Waals surface area contributed by atoms with Crippen LogP contribution in [0.2, 0.25) is 0 Å². The molecule has 1 aliphatic carbocycles. The van der Waals surface area contributed by atoms with Crippen molar-refractivity contribution in [3.63, 3.8) is 0 Å². The summed E-state index contributed by atoms with van der Waals surface area (Å²) < 4.78 is 0. The van der Waals surface area contributed by atoms with E-state index < -0.39 is 4.92 Å². The summed E-state index contributed by atoms with van der Waals surface area (Å²) in [6, 6.07) is 5.91. The number of non-ortho nitro benzene ring substituents is 1. The van der Waals surface area contributed by atoms with Crippen molar-refractivity contribution in [1.82, 2.24) is 5.43 Å². The average Bonchev–Trinajstić information content (AvgIpc) is 2.35. The van der Waals surface area contributed by atoms with Crippen LogP contribution in [0.15, 0.2) is 41.5 Å². The van der Waals surface area contributed by atoms with E-state index >= 15 is 0 Å². The number of carbonyl (C=O) groups is 1. The van der Waals surface area contributed by atoms with Gasteiger partial charge in [-0.3, -0.25) is 14.9 Å². The summed E-state index contributed by atoms with van der Waals surface area (Å²) in [7, 11) is 0. The Morgan fingerprint density at radius 3 is 2.58 bits per heavy atom. The van der Waals surface area contributed by atoms with E-state index in [2.05, 4.69) is 17.1 Å². The second-order valence-electron chi connectivity index (χ2n) is 4.44. The highest BCUT2D eigenvalue weighted by Gasteiger charge is 2.27. The minimum atomic E-state index is -0.466. The molecule has 19 heavy (non-hydrogen) atoms. The van der Waals surface area contributed by atoms with E-state index in [9.17, 15) is 14.9 Å². The van der Waals surface area contributed by atoms with Gasteiger partial charge in [0.05, 0.1) is 11.1 Å². The molecular formula is C13H13N3O3. The minimum Gasteiger partial charge on any atom is -0.273 e. The Labute approximate surface area is 110 Å². The third kappa shape index (κ3) is 3.25. The zero-order valence-corrected chi connectivity index (χ0v) is 10.2. The highest BCUT2D eigenvalue weighted by Crippen LogP contribution is 2.31. The zero-order chi connectivity index (χ0) is 13.8. The molecule has 0 aromatic heterocycles. The molecule has 0 heterocycles. The highest BCUT2D eigenvalue weighted by molar-refractivity contribution is 5.84. The number of hydrogen-bond acceptors (Lipinski definition) is 4. The lowest BCUT2D eigenvalue weighted by Crippen LogP contribution is -2.32. The number of hydrazone groups is 1. The predicted molar refractivity (Wildman–Crippen MR) is 70.7 cm³/mol. The lowest BCUT2D eigenvalue weighted by Gasteiger charge is -2.25. The van der Waals surface area contributed by atoms with Gasteiger partial charge >= 0.3 is 0 Å². The van der Waals surface area contributed by atoms with Crippen molar-refractivity contribution in [2.75, 3.05) is 0 Å². The van der Waals surface area contributed by atoms with Gasteiger partial charge < -0.3 is 0 Å². The van der Waals surface area contributed by atoms with Gasteiger partial charge in [-0.15, -0.1) is 0 Å². The van der Waals surface area contributed by atoms with Gasteiger partial charge in [0.15, 0.2) is 0 Å². The van der Waals surface area contributed by atoms with Gasteiger partial charge in [-0.25, -0.2) is 5.43 Å². The molecule has 1 aromatic carbocycles. The van der Waals surface area contributed by atoms with Crippen LogP contribution in [-0.4, -0.2) is 17.0 Å². The molecule has 0 saturated heterocycles. The predicted octanol–water partition coefficient (Wildman–Crippen LogP) is 2.01.